The Hall–Kier alpha value is -3.28. The summed E-state index contributed by atoms with van der Waals surface area (Å²) in [6.07, 6.45) is -0.747. The van der Waals surface area contributed by atoms with Gasteiger partial charge in [0.15, 0.2) is 17.2 Å². The van der Waals surface area contributed by atoms with Gasteiger partial charge in [0, 0.05) is 37.3 Å². The van der Waals surface area contributed by atoms with Crippen molar-refractivity contribution in [3.8, 4) is 5.75 Å². The van der Waals surface area contributed by atoms with Gasteiger partial charge in [-0.25, -0.2) is 0 Å². The summed E-state index contributed by atoms with van der Waals surface area (Å²) in [6, 6.07) is 0.683. The molecule has 0 heterocycles. The monoisotopic (exact) mass is 503 g/mol. The van der Waals surface area contributed by atoms with Crippen LogP contribution in [0, 0.1) is 11.8 Å². The first kappa shape index (κ1) is 27.3. The van der Waals surface area contributed by atoms with E-state index in [4.69, 9.17) is 5.73 Å². The quantitative estimate of drug-likeness (QED) is 0.235. The van der Waals surface area contributed by atoms with Gasteiger partial charge in [0.05, 0.1) is 24.2 Å². The lowest BCUT2D eigenvalue weighted by Crippen LogP contribution is -2.64. The van der Waals surface area contributed by atoms with Crippen LogP contribution in [0.3, 0.4) is 0 Å². The van der Waals surface area contributed by atoms with Crippen LogP contribution in [0.25, 0.3) is 5.76 Å². The number of carbonyl (C=O) groups is 4. The standard InChI is InChI=1S/C25H33N3O8/c1-11(30)13-8-16(27(2)3)14-6-12-7-15(17(10-29)28(4)5)25(36,18(31)9-19(26)32)24(35)20(12)23(34)21(14)22(13)33/h8,12,15,17,29,33-34,36H,6-7,9-10H2,1-5H3,(H2,26,32)/t12-,15-,17+,25+/m0/s1. The third kappa shape index (κ3) is 4.16. The molecule has 0 radical (unpaired) electrons. The number of phenols is 1. The van der Waals surface area contributed by atoms with Crippen LogP contribution in [0.2, 0.25) is 0 Å². The fourth-order valence-corrected chi connectivity index (χ4v) is 5.56. The zero-order valence-electron chi connectivity index (χ0n) is 21.0. The molecule has 1 amide bonds. The molecule has 11 heteroatoms. The van der Waals surface area contributed by atoms with E-state index in [-0.39, 0.29) is 29.5 Å². The molecule has 36 heavy (non-hydrogen) atoms. The minimum Gasteiger partial charge on any atom is -0.507 e. The highest BCUT2D eigenvalue weighted by Crippen LogP contribution is 2.51. The number of amides is 1. The Morgan fingerprint density at radius 3 is 2.28 bits per heavy atom. The number of anilines is 1. The Balaban J connectivity index is 2.32. The summed E-state index contributed by atoms with van der Waals surface area (Å²) in [5.74, 6) is -6.68. The fraction of sp³-hybridized carbons (Fsp3) is 0.520. The number of hydrogen-bond donors (Lipinski definition) is 5. The SMILES string of the molecule is CC(=O)c1cc(N(C)C)c2c(c1O)C(O)=C1C(=O)[C@](O)(C(=O)CC(N)=O)[C@H]([C@@H](CO)N(C)C)C[C@@H]1C2. The Morgan fingerprint density at radius 2 is 1.81 bits per heavy atom. The average molecular weight is 504 g/mol. The number of aromatic hydroxyl groups is 1. The lowest BCUT2D eigenvalue weighted by atomic mass is 9.59. The summed E-state index contributed by atoms with van der Waals surface area (Å²) in [7, 11) is 6.71. The maximum atomic E-state index is 13.8. The number of hydrogen-bond acceptors (Lipinski definition) is 10. The lowest BCUT2D eigenvalue weighted by molar-refractivity contribution is -0.163. The highest BCUT2D eigenvalue weighted by molar-refractivity contribution is 6.23. The van der Waals surface area contributed by atoms with Gasteiger partial charge < -0.3 is 36.0 Å². The Kier molecular flexibility index (Phi) is 7.31. The summed E-state index contributed by atoms with van der Waals surface area (Å²) >= 11 is 0. The molecule has 0 unspecified atom stereocenters. The molecule has 1 aromatic rings. The van der Waals surface area contributed by atoms with E-state index >= 15 is 0 Å². The van der Waals surface area contributed by atoms with Gasteiger partial charge in [0.2, 0.25) is 11.7 Å². The van der Waals surface area contributed by atoms with Crippen molar-refractivity contribution in [1.29, 1.82) is 0 Å². The normalized spacial score (nSPS) is 24.3. The van der Waals surface area contributed by atoms with E-state index in [0.29, 0.717) is 11.3 Å². The number of ketones is 3. The van der Waals surface area contributed by atoms with Gasteiger partial charge in [-0.15, -0.1) is 0 Å². The summed E-state index contributed by atoms with van der Waals surface area (Å²) < 4.78 is 0. The number of rotatable bonds is 8. The highest BCUT2D eigenvalue weighted by atomic mass is 16.3. The highest BCUT2D eigenvalue weighted by Gasteiger charge is 2.60. The minimum atomic E-state index is -2.75. The third-order valence-electron chi connectivity index (χ3n) is 7.34. The second-order valence-electron chi connectivity index (χ2n) is 9.98. The van der Waals surface area contributed by atoms with Crippen molar-refractivity contribution < 1.29 is 39.6 Å². The Morgan fingerprint density at radius 1 is 1.19 bits per heavy atom. The molecule has 0 aliphatic heterocycles. The van der Waals surface area contributed by atoms with Crippen LogP contribution in [0.5, 0.6) is 5.75 Å². The summed E-state index contributed by atoms with van der Waals surface area (Å²) in [5.41, 5.74) is 3.05. The topological polar surface area (TPSA) is 182 Å². The molecular formula is C25H33N3O8. The molecular weight excluding hydrogens is 470 g/mol. The lowest BCUT2D eigenvalue weighted by Gasteiger charge is -2.47. The molecule has 0 aromatic heterocycles. The Bertz CT molecular complexity index is 1170. The molecule has 1 saturated carbocycles. The maximum Gasteiger partial charge on any atom is 0.225 e. The number of nitrogens with two attached hydrogens (primary N) is 1. The van der Waals surface area contributed by atoms with Crippen molar-refractivity contribution in [2.24, 2.45) is 17.6 Å². The van der Waals surface area contributed by atoms with E-state index in [1.54, 1.807) is 38.0 Å². The number of fused-ring (bicyclic) bond motifs is 2. The number of Topliss-reactive ketones (excluding diaryl/α,β-unsaturated/α-hetero) is 3. The van der Waals surface area contributed by atoms with Crippen LogP contribution in [0.15, 0.2) is 11.6 Å². The van der Waals surface area contributed by atoms with E-state index < -0.39 is 71.3 Å². The fourth-order valence-electron chi connectivity index (χ4n) is 5.56. The second kappa shape index (κ2) is 9.64. The summed E-state index contributed by atoms with van der Waals surface area (Å²) in [5, 5.41) is 43.9. The van der Waals surface area contributed by atoms with E-state index in [0.717, 1.165) is 0 Å². The van der Waals surface area contributed by atoms with Crippen molar-refractivity contribution in [3.05, 3.63) is 28.3 Å². The van der Waals surface area contributed by atoms with Crippen molar-refractivity contribution in [2.45, 2.75) is 37.8 Å². The number of carbonyl (C=O) groups excluding carboxylic acids is 4. The molecule has 1 fully saturated rings. The van der Waals surface area contributed by atoms with Crippen molar-refractivity contribution >= 4 is 34.7 Å². The smallest absolute Gasteiger partial charge is 0.225 e. The number of nitrogens with zero attached hydrogens (tertiary/aromatic N) is 2. The molecule has 0 bridgehead atoms. The van der Waals surface area contributed by atoms with Crippen LogP contribution in [0.1, 0.15) is 41.3 Å². The summed E-state index contributed by atoms with van der Waals surface area (Å²) in [6.45, 7) is 0.766. The van der Waals surface area contributed by atoms with Gasteiger partial charge in [-0.3, -0.25) is 19.2 Å². The molecule has 6 N–H and O–H groups in total. The number of likely N-dealkylation sites (N-methyl/N-ethyl adjacent to an activating group) is 1. The predicted molar refractivity (Wildman–Crippen MR) is 131 cm³/mol. The molecule has 0 spiro atoms. The first-order valence-corrected chi connectivity index (χ1v) is 11.5. The third-order valence-corrected chi connectivity index (χ3v) is 7.34. The zero-order valence-corrected chi connectivity index (χ0v) is 21.0. The van der Waals surface area contributed by atoms with E-state index in [1.165, 1.54) is 13.0 Å². The number of primary amides is 1. The number of aliphatic hydroxyl groups is 3. The first-order valence-electron chi connectivity index (χ1n) is 11.5. The minimum absolute atomic E-state index is 0.0110. The Labute approximate surface area is 208 Å². The molecule has 4 atom stereocenters. The maximum absolute atomic E-state index is 13.8. The molecule has 1 aromatic carbocycles. The van der Waals surface area contributed by atoms with E-state index in [9.17, 15) is 39.6 Å². The van der Waals surface area contributed by atoms with Gasteiger partial charge in [0.25, 0.3) is 0 Å². The van der Waals surface area contributed by atoms with Crippen LogP contribution in [-0.4, -0.2) is 95.0 Å². The number of aliphatic hydroxyl groups excluding tert-OH is 2. The second-order valence-corrected chi connectivity index (χ2v) is 9.98. The predicted octanol–water partition coefficient (Wildman–Crippen LogP) is -0.211. The van der Waals surface area contributed by atoms with Crippen LogP contribution < -0.4 is 10.6 Å². The largest absolute Gasteiger partial charge is 0.507 e. The molecule has 0 saturated heterocycles. The van der Waals surface area contributed by atoms with E-state index in [1.807, 2.05) is 0 Å². The van der Waals surface area contributed by atoms with Crippen LogP contribution in [0.4, 0.5) is 5.69 Å². The van der Waals surface area contributed by atoms with Gasteiger partial charge in [-0.1, -0.05) is 0 Å². The summed E-state index contributed by atoms with van der Waals surface area (Å²) in [4.78, 5) is 53.9. The molecule has 196 valence electrons. The molecule has 3 rings (SSSR count). The van der Waals surface area contributed by atoms with Gasteiger partial charge in [0.1, 0.15) is 11.5 Å². The van der Waals surface area contributed by atoms with Gasteiger partial charge >= 0.3 is 0 Å². The number of benzene rings is 1. The first-order chi connectivity index (χ1) is 16.7. The van der Waals surface area contributed by atoms with Crippen molar-refractivity contribution in [3.63, 3.8) is 0 Å². The van der Waals surface area contributed by atoms with Gasteiger partial charge in [-0.05, 0) is 51.4 Å². The average Bonchev–Trinajstić information content (AvgIpc) is 2.76. The van der Waals surface area contributed by atoms with Crippen LogP contribution >= 0.6 is 0 Å². The van der Waals surface area contributed by atoms with Gasteiger partial charge in [-0.2, -0.15) is 0 Å². The molecule has 2 aliphatic rings. The van der Waals surface area contributed by atoms with Crippen molar-refractivity contribution in [2.75, 3.05) is 39.7 Å². The molecule has 11 nitrogen and oxygen atoms in total. The zero-order chi connectivity index (χ0) is 27.3. The number of phenolic OH excluding ortho intramolecular Hbond substituents is 1. The van der Waals surface area contributed by atoms with Crippen LogP contribution in [-0.2, 0) is 20.8 Å². The van der Waals surface area contributed by atoms with E-state index in [2.05, 4.69) is 0 Å². The molecule has 2 aliphatic carbocycles. The van der Waals surface area contributed by atoms with Crippen molar-refractivity contribution in [1.82, 2.24) is 4.90 Å².